The summed E-state index contributed by atoms with van der Waals surface area (Å²) in [7, 11) is 0. The Balaban J connectivity index is 2.24. The zero-order valence-electron chi connectivity index (χ0n) is 13.5. The Morgan fingerprint density at radius 2 is 1.65 bits per heavy atom. The summed E-state index contributed by atoms with van der Waals surface area (Å²) in [5.74, 6) is 0. The Morgan fingerprint density at radius 1 is 0.962 bits per heavy atom. The Morgan fingerprint density at radius 3 is 2.38 bits per heavy atom. The summed E-state index contributed by atoms with van der Waals surface area (Å²) in [5.41, 5.74) is -0.858. The predicted molar refractivity (Wildman–Crippen MR) is 94.0 cm³/mol. The number of alkyl halides is 3. The molecule has 8 heteroatoms. The van der Waals surface area contributed by atoms with Gasteiger partial charge in [-0.1, -0.05) is 31.4 Å². The number of anilines is 2. The van der Waals surface area contributed by atoms with E-state index in [1.807, 2.05) is 0 Å². The van der Waals surface area contributed by atoms with Crippen LogP contribution in [0.25, 0.3) is 13.2 Å². The molecule has 2 aromatic heterocycles. The minimum Gasteiger partial charge on any atom is -0.308 e. The van der Waals surface area contributed by atoms with Crippen LogP contribution in [0.4, 0.5) is 29.3 Å². The van der Waals surface area contributed by atoms with Gasteiger partial charge in [0.15, 0.2) is 0 Å². The summed E-state index contributed by atoms with van der Waals surface area (Å²) < 4.78 is 38.0. The predicted octanol–water partition coefficient (Wildman–Crippen LogP) is 3.08. The number of carbonyl (C=O) groups is 1. The van der Waals surface area contributed by atoms with Crippen molar-refractivity contribution >= 4 is 30.6 Å². The van der Waals surface area contributed by atoms with Gasteiger partial charge in [-0.3, -0.25) is 9.97 Å². The molecule has 0 atom stereocenters. The minimum atomic E-state index is -4.60. The van der Waals surface area contributed by atoms with Crippen molar-refractivity contribution in [2.45, 2.75) is 6.18 Å². The maximum atomic E-state index is 12.7. The largest absolute Gasteiger partial charge is 0.433 e. The van der Waals surface area contributed by atoms with Gasteiger partial charge in [0.25, 0.3) is 0 Å². The van der Waals surface area contributed by atoms with Gasteiger partial charge in [-0.2, -0.15) is 13.2 Å². The number of rotatable bonds is 2. The van der Waals surface area contributed by atoms with E-state index in [4.69, 9.17) is 0 Å². The zero-order chi connectivity index (χ0) is 19.2. The summed E-state index contributed by atoms with van der Waals surface area (Å²) in [6, 6.07) is 9.66. The molecule has 0 saturated carbocycles. The Hall–Kier alpha value is -3.42. The molecule has 0 radical (unpaired) electrons. The van der Waals surface area contributed by atoms with Gasteiger partial charge in [0, 0.05) is 11.9 Å². The second-order valence-corrected chi connectivity index (χ2v) is 5.15. The maximum absolute atomic E-state index is 12.7. The molecule has 0 aliphatic carbocycles. The average molecular weight is 360 g/mol. The second-order valence-electron chi connectivity index (χ2n) is 5.15. The van der Waals surface area contributed by atoms with Crippen molar-refractivity contribution in [2.24, 2.45) is 0 Å². The number of nitrogens with one attached hydrogen (secondary N) is 2. The zero-order valence-corrected chi connectivity index (χ0v) is 13.5. The van der Waals surface area contributed by atoms with Crippen LogP contribution in [0.15, 0.2) is 54.9 Å². The number of amides is 2. The molecule has 0 unspecified atom stereocenters. The van der Waals surface area contributed by atoms with E-state index in [1.54, 1.807) is 30.3 Å². The van der Waals surface area contributed by atoms with E-state index in [0.29, 0.717) is 16.3 Å². The number of carbonyl (C=O) groups excluding carboxylic acids is 1. The fraction of sp³-hybridized carbons (Fsp3) is 0.0556. The van der Waals surface area contributed by atoms with E-state index in [0.717, 1.165) is 12.3 Å². The summed E-state index contributed by atoms with van der Waals surface area (Å²) in [5, 5.41) is 5.86. The summed E-state index contributed by atoms with van der Waals surface area (Å²) in [4.78, 5) is 19.4. The third-order valence-electron chi connectivity index (χ3n) is 2.99. The number of hydrogen-bond acceptors (Lipinski definition) is 3. The van der Waals surface area contributed by atoms with Gasteiger partial charge in [0.05, 0.1) is 17.2 Å². The van der Waals surface area contributed by atoms with Crippen LogP contribution < -0.4 is 21.2 Å². The monoisotopic (exact) mass is 360 g/mol. The first-order valence-electron chi connectivity index (χ1n) is 7.33. The lowest BCUT2D eigenvalue weighted by Crippen LogP contribution is -2.20. The van der Waals surface area contributed by atoms with Gasteiger partial charge in [0.1, 0.15) is 5.69 Å². The van der Waals surface area contributed by atoms with E-state index in [9.17, 15) is 18.0 Å². The van der Waals surface area contributed by atoms with Crippen LogP contribution in [0, 0.1) is 0 Å². The first kappa shape index (κ1) is 18.9. The van der Waals surface area contributed by atoms with Crippen LogP contribution in [-0.2, 0) is 6.18 Å². The number of hydrogen-bond donors (Lipinski definition) is 2. The van der Waals surface area contributed by atoms with E-state index in [-0.39, 0.29) is 5.69 Å². The van der Waals surface area contributed by atoms with Gasteiger partial charge in [-0.15, -0.1) is 0 Å². The number of aromatic nitrogens is 2. The molecule has 2 rings (SSSR count). The van der Waals surface area contributed by atoms with Crippen molar-refractivity contribution in [3.8, 4) is 0 Å². The Labute approximate surface area is 147 Å². The van der Waals surface area contributed by atoms with Crippen molar-refractivity contribution in [3.05, 3.63) is 71.1 Å². The van der Waals surface area contributed by atoms with Crippen LogP contribution in [0.1, 0.15) is 5.69 Å². The number of urea groups is 1. The van der Waals surface area contributed by atoms with Gasteiger partial charge in [0.2, 0.25) is 0 Å². The molecule has 0 aliphatic rings. The van der Waals surface area contributed by atoms with Crippen LogP contribution in [0.5, 0.6) is 0 Å². The summed E-state index contributed by atoms with van der Waals surface area (Å²) in [6.07, 6.45) is -2.27. The summed E-state index contributed by atoms with van der Waals surface area (Å²) in [6.45, 7) is 7.51. The number of pyridine rings is 1. The third-order valence-corrected chi connectivity index (χ3v) is 2.99. The van der Waals surface area contributed by atoms with E-state index < -0.39 is 17.9 Å². The van der Waals surface area contributed by atoms with Crippen LogP contribution in [0.2, 0.25) is 0 Å². The second kappa shape index (κ2) is 8.11. The van der Waals surface area contributed by atoms with Crippen molar-refractivity contribution < 1.29 is 18.0 Å². The lowest BCUT2D eigenvalue weighted by atomic mass is 10.3. The molecule has 26 heavy (non-hydrogen) atoms. The van der Waals surface area contributed by atoms with Gasteiger partial charge in [-0.25, -0.2) is 4.79 Å². The molecule has 2 amide bonds. The number of nitrogens with zero attached hydrogens (tertiary/aromatic N) is 2. The molecule has 0 bridgehead atoms. The van der Waals surface area contributed by atoms with Crippen LogP contribution >= 0.6 is 0 Å². The molecule has 0 aliphatic heterocycles. The fourth-order valence-electron chi connectivity index (χ4n) is 1.85. The smallest absolute Gasteiger partial charge is 0.308 e. The Kier molecular flexibility index (Phi) is 5.90. The highest BCUT2D eigenvalue weighted by Crippen LogP contribution is 2.28. The fourth-order valence-corrected chi connectivity index (χ4v) is 1.85. The summed E-state index contributed by atoms with van der Waals surface area (Å²) >= 11 is 0. The van der Waals surface area contributed by atoms with E-state index in [1.165, 1.54) is 12.3 Å². The molecular weight excluding hydrogens is 345 g/mol. The molecule has 134 valence electrons. The maximum Gasteiger partial charge on any atom is 0.433 e. The topological polar surface area (TPSA) is 66.9 Å². The average Bonchev–Trinajstić information content (AvgIpc) is 2.55. The standard InChI is InChI=1S/C18H15F3N4O/c1-12-5-3-4-6-13(2)23-11-15(9-12)25-17(26)24-14-7-8-22-16(10-14)18(19,20)21/h3-11H,1-2H2,(H2,22,24,25,26). The molecule has 0 saturated heterocycles. The van der Waals surface area contributed by atoms with Crippen LogP contribution in [-0.4, -0.2) is 16.0 Å². The number of halogens is 3. The molecule has 2 aromatic rings. The highest BCUT2D eigenvalue weighted by Gasteiger charge is 2.32. The Bertz CT molecular complexity index is 959. The van der Waals surface area contributed by atoms with Gasteiger partial charge >= 0.3 is 12.2 Å². The van der Waals surface area contributed by atoms with Gasteiger partial charge in [-0.05, 0) is 29.5 Å². The van der Waals surface area contributed by atoms with Crippen molar-refractivity contribution in [3.63, 3.8) is 0 Å². The van der Waals surface area contributed by atoms with Gasteiger partial charge < -0.3 is 10.6 Å². The van der Waals surface area contributed by atoms with Crippen molar-refractivity contribution in [1.29, 1.82) is 0 Å². The highest BCUT2D eigenvalue weighted by molar-refractivity contribution is 5.99. The lowest BCUT2D eigenvalue weighted by Gasteiger charge is -2.09. The molecule has 0 fully saturated rings. The minimum absolute atomic E-state index is 0.0479. The van der Waals surface area contributed by atoms with E-state index >= 15 is 0 Å². The molecule has 0 aromatic carbocycles. The molecule has 2 N–H and O–H groups in total. The highest BCUT2D eigenvalue weighted by atomic mass is 19.4. The van der Waals surface area contributed by atoms with E-state index in [2.05, 4.69) is 33.8 Å². The lowest BCUT2D eigenvalue weighted by molar-refractivity contribution is -0.141. The first-order valence-corrected chi connectivity index (χ1v) is 7.33. The van der Waals surface area contributed by atoms with Crippen molar-refractivity contribution in [2.75, 3.05) is 10.6 Å². The SMILES string of the molecule is C=c1ccccc(=C)ncc(NC(=O)Nc2ccnc(C(F)(F)F)c2)c1. The normalized spacial score (nSPS) is 10.6. The molecule has 5 nitrogen and oxygen atoms in total. The molecular formula is C18H15F3N4O. The quantitative estimate of drug-likeness (QED) is 0.865. The molecule has 0 spiro atoms. The third kappa shape index (κ3) is 5.90. The first-order chi connectivity index (χ1) is 12.2. The van der Waals surface area contributed by atoms with Crippen molar-refractivity contribution in [1.82, 2.24) is 9.97 Å². The van der Waals surface area contributed by atoms with Crippen LogP contribution in [0.3, 0.4) is 0 Å². The molecule has 2 heterocycles.